The zero-order valence-electron chi connectivity index (χ0n) is 11.8. The minimum atomic E-state index is 0.650. The van der Waals surface area contributed by atoms with Crippen molar-refractivity contribution in [2.45, 2.75) is 72.3 Å². The first-order chi connectivity index (χ1) is 7.65. The van der Waals surface area contributed by atoms with Crippen LogP contribution < -0.4 is 5.32 Å². The van der Waals surface area contributed by atoms with Gasteiger partial charge >= 0.3 is 0 Å². The van der Waals surface area contributed by atoms with E-state index in [-0.39, 0.29) is 0 Å². The maximum Gasteiger partial charge on any atom is 0.0132 e. The zero-order chi connectivity index (χ0) is 12.4. The number of nitrogens with one attached hydrogen (secondary N) is 1. The second kappa shape index (κ2) is 9.89. The molecule has 1 nitrogen and oxygen atoms in total. The van der Waals surface area contributed by atoms with Gasteiger partial charge in [-0.1, -0.05) is 39.2 Å². The van der Waals surface area contributed by atoms with E-state index in [9.17, 15) is 0 Å². The molecule has 0 saturated heterocycles. The first-order valence-electron chi connectivity index (χ1n) is 7.03. The Balaban J connectivity index is 4.32. The molecule has 0 aromatic carbocycles. The minimum Gasteiger partial charge on any atom is -0.313 e. The van der Waals surface area contributed by atoms with Gasteiger partial charge in [0, 0.05) is 6.04 Å². The Bertz CT molecular complexity index is 168. The summed E-state index contributed by atoms with van der Waals surface area (Å²) in [6, 6.07) is 0.650. The SMILES string of the molecule is C=C(C)CC(NCCC)C(CCC)CCC. The molecule has 0 heterocycles. The third-order valence-electron chi connectivity index (χ3n) is 3.11. The second-order valence-electron chi connectivity index (χ2n) is 5.06. The summed E-state index contributed by atoms with van der Waals surface area (Å²) in [5.74, 6) is 0.832. The van der Waals surface area contributed by atoms with E-state index in [0.29, 0.717) is 6.04 Å². The van der Waals surface area contributed by atoms with Gasteiger partial charge in [0.15, 0.2) is 0 Å². The Hall–Kier alpha value is -0.300. The number of hydrogen-bond acceptors (Lipinski definition) is 1. The van der Waals surface area contributed by atoms with Crippen LogP contribution in [-0.4, -0.2) is 12.6 Å². The topological polar surface area (TPSA) is 12.0 Å². The van der Waals surface area contributed by atoms with E-state index in [2.05, 4.69) is 39.6 Å². The predicted molar refractivity (Wildman–Crippen MR) is 74.8 cm³/mol. The Morgan fingerprint density at radius 2 is 1.62 bits per heavy atom. The fourth-order valence-corrected chi connectivity index (χ4v) is 2.40. The lowest BCUT2D eigenvalue weighted by molar-refractivity contribution is 0.308. The van der Waals surface area contributed by atoms with E-state index >= 15 is 0 Å². The molecular formula is C15H31N. The van der Waals surface area contributed by atoms with Gasteiger partial charge in [-0.05, 0) is 45.1 Å². The van der Waals surface area contributed by atoms with Crippen molar-refractivity contribution in [2.24, 2.45) is 5.92 Å². The summed E-state index contributed by atoms with van der Waals surface area (Å²) < 4.78 is 0. The van der Waals surface area contributed by atoms with Gasteiger partial charge < -0.3 is 5.32 Å². The number of hydrogen-bond donors (Lipinski definition) is 1. The molecule has 0 amide bonds. The maximum atomic E-state index is 4.07. The van der Waals surface area contributed by atoms with Gasteiger partial charge in [0.1, 0.15) is 0 Å². The molecule has 1 heteroatoms. The first kappa shape index (κ1) is 15.7. The summed E-state index contributed by atoms with van der Waals surface area (Å²) in [5, 5.41) is 3.71. The fraction of sp³-hybridized carbons (Fsp3) is 0.867. The summed E-state index contributed by atoms with van der Waals surface area (Å²) in [4.78, 5) is 0. The van der Waals surface area contributed by atoms with Crippen molar-refractivity contribution in [3.63, 3.8) is 0 Å². The smallest absolute Gasteiger partial charge is 0.0132 e. The minimum absolute atomic E-state index is 0.650. The Labute approximate surface area is 103 Å². The lowest BCUT2D eigenvalue weighted by Gasteiger charge is -2.28. The molecule has 96 valence electrons. The largest absolute Gasteiger partial charge is 0.313 e. The van der Waals surface area contributed by atoms with Crippen molar-refractivity contribution in [1.82, 2.24) is 5.32 Å². The predicted octanol–water partition coefficient (Wildman–Crippen LogP) is 4.54. The summed E-state index contributed by atoms with van der Waals surface area (Å²) in [6.07, 6.45) is 7.66. The van der Waals surface area contributed by atoms with Crippen LogP contribution in [0.3, 0.4) is 0 Å². The molecule has 0 aliphatic heterocycles. The van der Waals surface area contributed by atoms with Crippen LogP contribution in [0.1, 0.15) is 66.2 Å². The average molecular weight is 225 g/mol. The molecule has 1 unspecified atom stereocenters. The van der Waals surface area contributed by atoms with Crippen LogP contribution in [0.4, 0.5) is 0 Å². The lowest BCUT2D eigenvalue weighted by atomic mass is 9.87. The Morgan fingerprint density at radius 1 is 1.06 bits per heavy atom. The normalized spacial score (nSPS) is 13.1. The van der Waals surface area contributed by atoms with Gasteiger partial charge in [0.2, 0.25) is 0 Å². The summed E-state index contributed by atoms with van der Waals surface area (Å²) >= 11 is 0. The first-order valence-corrected chi connectivity index (χ1v) is 7.03. The van der Waals surface area contributed by atoms with Gasteiger partial charge in [0.25, 0.3) is 0 Å². The van der Waals surface area contributed by atoms with Gasteiger partial charge in [-0.25, -0.2) is 0 Å². The quantitative estimate of drug-likeness (QED) is 0.538. The van der Waals surface area contributed by atoms with Crippen molar-refractivity contribution in [3.8, 4) is 0 Å². The summed E-state index contributed by atoms with van der Waals surface area (Å²) in [5.41, 5.74) is 1.31. The molecule has 16 heavy (non-hydrogen) atoms. The van der Waals surface area contributed by atoms with Crippen LogP contribution in [0.5, 0.6) is 0 Å². The monoisotopic (exact) mass is 225 g/mol. The molecule has 1 atom stereocenters. The lowest BCUT2D eigenvalue weighted by Crippen LogP contribution is -2.37. The molecule has 0 saturated carbocycles. The van der Waals surface area contributed by atoms with Crippen molar-refractivity contribution >= 4 is 0 Å². The fourth-order valence-electron chi connectivity index (χ4n) is 2.40. The molecular weight excluding hydrogens is 194 g/mol. The van der Waals surface area contributed by atoms with Gasteiger partial charge in [-0.2, -0.15) is 0 Å². The summed E-state index contributed by atoms with van der Waals surface area (Å²) in [7, 11) is 0. The Morgan fingerprint density at radius 3 is 2.00 bits per heavy atom. The molecule has 0 aliphatic rings. The van der Waals surface area contributed by atoms with Gasteiger partial charge in [0.05, 0.1) is 0 Å². The molecule has 0 radical (unpaired) electrons. The van der Waals surface area contributed by atoms with E-state index in [1.54, 1.807) is 0 Å². The summed E-state index contributed by atoms with van der Waals surface area (Å²) in [6.45, 7) is 14.2. The molecule has 1 N–H and O–H groups in total. The van der Waals surface area contributed by atoms with Crippen LogP contribution in [-0.2, 0) is 0 Å². The Kier molecular flexibility index (Phi) is 9.71. The molecule has 0 rings (SSSR count). The van der Waals surface area contributed by atoms with Crippen LogP contribution in [0.15, 0.2) is 12.2 Å². The zero-order valence-corrected chi connectivity index (χ0v) is 11.8. The van der Waals surface area contributed by atoms with Crippen LogP contribution in [0, 0.1) is 5.92 Å². The standard InChI is InChI=1S/C15H31N/c1-6-9-14(10-7-2)15(12-13(4)5)16-11-8-3/h14-16H,4,6-12H2,1-3,5H3. The van der Waals surface area contributed by atoms with E-state index in [4.69, 9.17) is 0 Å². The van der Waals surface area contributed by atoms with Crippen LogP contribution in [0.2, 0.25) is 0 Å². The van der Waals surface area contributed by atoms with Crippen molar-refractivity contribution in [2.75, 3.05) is 6.54 Å². The van der Waals surface area contributed by atoms with Crippen LogP contribution in [0.25, 0.3) is 0 Å². The molecule has 0 fully saturated rings. The van der Waals surface area contributed by atoms with Crippen molar-refractivity contribution in [3.05, 3.63) is 12.2 Å². The average Bonchev–Trinajstić information content (AvgIpc) is 2.23. The maximum absolute atomic E-state index is 4.07. The highest BCUT2D eigenvalue weighted by Gasteiger charge is 2.19. The number of rotatable bonds is 10. The molecule has 0 aliphatic carbocycles. The molecule has 0 aromatic rings. The van der Waals surface area contributed by atoms with Gasteiger partial charge in [-0.15, -0.1) is 6.58 Å². The van der Waals surface area contributed by atoms with Gasteiger partial charge in [-0.3, -0.25) is 0 Å². The highest BCUT2D eigenvalue weighted by Crippen LogP contribution is 2.22. The van der Waals surface area contributed by atoms with E-state index in [1.807, 2.05) is 0 Å². The third-order valence-corrected chi connectivity index (χ3v) is 3.11. The van der Waals surface area contributed by atoms with Crippen LogP contribution >= 0.6 is 0 Å². The molecule has 0 aromatic heterocycles. The second-order valence-corrected chi connectivity index (χ2v) is 5.06. The highest BCUT2D eigenvalue weighted by molar-refractivity contribution is 4.95. The van der Waals surface area contributed by atoms with E-state index in [0.717, 1.165) is 18.9 Å². The van der Waals surface area contributed by atoms with Crippen molar-refractivity contribution in [1.29, 1.82) is 0 Å². The van der Waals surface area contributed by atoms with E-state index < -0.39 is 0 Å². The molecule has 0 bridgehead atoms. The van der Waals surface area contributed by atoms with E-state index in [1.165, 1.54) is 37.7 Å². The molecule has 0 spiro atoms. The highest BCUT2D eigenvalue weighted by atomic mass is 14.9. The van der Waals surface area contributed by atoms with Crippen molar-refractivity contribution < 1.29 is 0 Å². The third kappa shape index (κ3) is 7.05.